The average Bonchev–Trinajstić information content (AvgIpc) is 3.31. The molecule has 3 atom stereocenters. The van der Waals surface area contributed by atoms with Gasteiger partial charge in [-0.1, -0.05) is 334 Å². The number of amides is 1. The van der Waals surface area contributed by atoms with E-state index in [9.17, 15) is 20.1 Å². The standard InChI is InChI=1S/C60H119NO4/c1-3-5-7-9-11-13-15-17-19-21-23-25-27-28-29-30-31-32-33-35-37-39-41-43-45-47-49-51-53-55-59(64)60(65)61-57(56-62)58(63)54-52-50-48-46-44-42-40-38-36-34-26-24-22-20-18-16-14-12-10-8-6-4-2/h52,54,57-59,62-64H,3-51,53,55-56H2,1-2H3,(H,61,65)/b54-52+. The topological polar surface area (TPSA) is 89.8 Å². The number of rotatable bonds is 56. The zero-order valence-electron chi connectivity index (χ0n) is 44.4. The Morgan fingerprint density at radius 2 is 0.600 bits per heavy atom. The quantitative estimate of drug-likeness (QED) is 0.0361. The monoisotopic (exact) mass is 918 g/mol. The molecule has 0 aliphatic rings. The van der Waals surface area contributed by atoms with Crippen molar-refractivity contribution in [2.45, 2.75) is 360 Å². The van der Waals surface area contributed by atoms with Crippen LogP contribution in [0, 0.1) is 0 Å². The van der Waals surface area contributed by atoms with Crippen molar-refractivity contribution in [2.24, 2.45) is 0 Å². The molecule has 0 saturated carbocycles. The first-order chi connectivity index (χ1) is 32.1. The molecule has 5 heteroatoms. The Bertz CT molecular complexity index is 925. The maximum absolute atomic E-state index is 12.6. The van der Waals surface area contributed by atoms with Crippen LogP contribution in [0.15, 0.2) is 12.2 Å². The molecule has 0 aromatic heterocycles. The molecule has 1 amide bonds. The molecule has 4 N–H and O–H groups in total. The van der Waals surface area contributed by atoms with Crippen molar-refractivity contribution in [2.75, 3.05) is 6.61 Å². The number of nitrogens with one attached hydrogen (secondary N) is 1. The van der Waals surface area contributed by atoms with Gasteiger partial charge in [0.15, 0.2) is 0 Å². The fourth-order valence-corrected chi connectivity index (χ4v) is 9.72. The third kappa shape index (κ3) is 50.8. The van der Waals surface area contributed by atoms with E-state index in [2.05, 4.69) is 19.2 Å². The highest BCUT2D eigenvalue weighted by molar-refractivity contribution is 5.80. The maximum atomic E-state index is 12.6. The van der Waals surface area contributed by atoms with E-state index in [4.69, 9.17) is 0 Å². The minimum atomic E-state index is -1.09. The maximum Gasteiger partial charge on any atom is 0.249 e. The van der Waals surface area contributed by atoms with Crippen LogP contribution in [0.3, 0.4) is 0 Å². The van der Waals surface area contributed by atoms with E-state index >= 15 is 0 Å². The van der Waals surface area contributed by atoms with Gasteiger partial charge in [-0.05, 0) is 19.3 Å². The molecule has 0 fully saturated rings. The van der Waals surface area contributed by atoms with E-state index in [0.717, 1.165) is 32.1 Å². The first kappa shape index (κ1) is 64.1. The van der Waals surface area contributed by atoms with Crippen LogP contribution in [0.25, 0.3) is 0 Å². The van der Waals surface area contributed by atoms with Crippen LogP contribution in [0.4, 0.5) is 0 Å². The number of carbonyl (C=O) groups is 1. The summed E-state index contributed by atoms with van der Waals surface area (Å²) in [6, 6.07) is -0.795. The lowest BCUT2D eigenvalue weighted by Gasteiger charge is -2.21. The number of hydrogen-bond donors (Lipinski definition) is 4. The number of aliphatic hydroxyl groups excluding tert-OH is 3. The number of aliphatic hydroxyl groups is 3. The van der Waals surface area contributed by atoms with Crippen LogP contribution in [0.2, 0.25) is 0 Å². The molecular formula is C60H119NO4. The van der Waals surface area contributed by atoms with Gasteiger partial charge in [0.2, 0.25) is 5.91 Å². The molecule has 0 aromatic carbocycles. The normalized spacial score (nSPS) is 13.2. The first-order valence-corrected chi connectivity index (χ1v) is 30.0. The van der Waals surface area contributed by atoms with Crippen molar-refractivity contribution < 1.29 is 20.1 Å². The van der Waals surface area contributed by atoms with Crippen LogP contribution in [0.5, 0.6) is 0 Å². The minimum Gasteiger partial charge on any atom is -0.394 e. The van der Waals surface area contributed by atoms with E-state index in [-0.39, 0.29) is 6.61 Å². The second-order valence-corrected chi connectivity index (χ2v) is 20.9. The number of unbranched alkanes of at least 4 members (excludes halogenated alkanes) is 48. The summed E-state index contributed by atoms with van der Waals surface area (Å²) in [5.74, 6) is -0.495. The molecule has 0 aliphatic heterocycles. The highest BCUT2D eigenvalue weighted by Crippen LogP contribution is 2.19. The third-order valence-corrected chi connectivity index (χ3v) is 14.4. The molecule has 0 aliphatic carbocycles. The van der Waals surface area contributed by atoms with Crippen molar-refractivity contribution in [1.82, 2.24) is 5.32 Å². The Balaban J connectivity index is 3.51. The van der Waals surface area contributed by atoms with Crippen LogP contribution in [-0.4, -0.2) is 46.1 Å². The second kappa shape index (κ2) is 55.7. The summed E-state index contributed by atoms with van der Waals surface area (Å²) in [7, 11) is 0. The third-order valence-electron chi connectivity index (χ3n) is 14.4. The predicted octanol–water partition coefficient (Wildman–Crippen LogP) is 18.7. The SMILES string of the molecule is CCCCCCCCCCCCCCCCCCCCCC/C=C/C(O)C(CO)NC(=O)C(O)CCCCCCCCCCCCCCCCCCCCCCCCCCCCCCC. The van der Waals surface area contributed by atoms with Gasteiger partial charge in [-0.25, -0.2) is 0 Å². The van der Waals surface area contributed by atoms with E-state index in [1.54, 1.807) is 6.08 Å². The number of allylic oxidation sites excluding steroid dienone is 1. The molecule has 0 heterocycles. The lowest BCUT2D eigenvalue weighted by atomic mass is 10.0. The molecule has 0 bridgehead atoms. The van der Waals surface area contributed by atoms with E-state index < -0.39 is 24.2 Å². The average molecular weight is 919 g/mol. The summed E-state index contributed by atoms with van der Waals surface area (Å²) < 4.78 is 0. The lowest BCUT2D eigenvalue weighted by Crippen LogP contribution is -2.48. The van der Waals surface area contributed by atoms with Crippen LogP contribution < -0.4 is 5.32 Å². The molecule has 0 radical (unpaired) electrons. The number of carbonyl (C=O) groups excluding carboxylic acids is 1. The van der Waals surface area contributed by atoms with E-state index in [1.165, 1.54) is 289 Å². The van der Waals surface area contributed by atoms with Gasteiger partial charge >= 0.3 is 0 Å². The summed E-state index contributed by atoms with van der Waals surface area (Å²) in [4.78, 5) is 12.6. The Kier molecular flexibility index (Phi) is 54.9. The molecule has 3 unspecified atom stereocenters. The van der Waals surface area contributed by atoms with Gasteiger partial charge < -0.3 is 20.6 Å². The first-order valence-electron chi connectivity index (χ1n) is 30.0. The summed E-state index contributed by atoms with van der Waals surface area (Å²) in [6.07, 6.45) is 70.2. The lowest BCUT2D eigenvalue weighted by molar-refractivity contribution is -0.131. The molecule has 0 aromatic rings. The van der Waals surface area contributed by atoms with E-state index in [1.807, 2.05) is 6.08 Å². The van der Waals surface area contributed by atoms with Gasteiger partial charge in [0.05, 0.1) is 18.8 Å². The molecular weight excluding hydrogens is 799 g/mol. The molecule has 0 saturated heterocycles. The van der Waals surface area contributed by atoms with Crippen molar-refractivity contribution >= 4 is 5.91 Å². The minimum absolute atomic E-state index is 0.358. The van der Waals surface area contributed by atoms with Gasteiger partial charge in [0.25, 0.3) is 0 Å². The van der Waals surface area contributed by atoms with Gasteiger partial charge in [-0.2, -0.15) is 0 Å². The Morgan fingerprint density at radius 3 is 0.846 bits per heavy atom. The fraction of sp³-hybridized carbons (Fsp3) is 0.950. The Hall–Kier alpha value is -0.910. The molecule has 5 nitrogen and oxygen atoms in total. The van der Waals surface area contributed by atoms with Gasteiger partial charge in [-0.15, -0.1) is 0 Å². The summed E-state index contributed by atoms with van der Waals surface area (Å²) >= 11 is 0. The number of hydrogen-bond acceptors (Lipinski definition) is 4. The van der Waals surface area contributed by atoms with Crippen molar-refractivity contribution in [3.63, 3.8) is 0 Å². The summed E-state index contributed by atoms with van der Waals surface area (Å²) in [5.41, 5.74) is 0. The predicted molar refractivity (Wildman–Crippen MR) is 287 cm³/mol. The summed E-state index contributed by atoms with van der Waals surface area (Å²) in [5, 5.41) is 33.4. The fourth-order valence-electron chi connectivity index (χ4n) is 9.72. The Morgan fingerprint density at radius 1 is 0.369 bits per heavy atom. The highest BCUT2D eigenvalue weighted by Gasteiger charge is 2.22. The molecule has 0 spiro atoms. The van der Waals surface area contributed by atoms with Gasteiger partial charge in [-0.3, -0.25) is 4.79 Å². The summed E-state index contributed by atoms with van der Waals surface area (Å²) in [6.45, 7) is 4.23. The highest BCUT2D eigenvalue weighted by atomic mass is 16.3. The van der Waals surface area contributed by atoms with E-state index in [0.29, 0.717) is 6.42 Å². The van der Waals surface area contributed by atoms with Crippen LogP contribution in [0.1, 0.15) is 341 Å². The molecule has 65 heavy (non-hydrogen) atoms. The molecule has 388 valence electrons. The van der Waals surface area contributed by atoms with Gasteiger partial charge in [0, 0.05) is 0 Å². The van der Waals surface area contributed by atoms with Gasteiger partial charge in [0.1, 0.15) is 6.10 Å². The zero-order valence-corrected chi connectivity index (χ0v) is 44.4. The van der Waals surface area contributed by atoms with Crippen molar-refractivity contribution in [3.8, 4) is 0 Å². The smallest absolute Gasteiger partial charge is 0.249 e. The van der Waals surface area contributed by atoms with Crippen molar-refractivity contribution in [3.05, 3.63) is 12.2 Å². The molecule has 0 rings (SSSR count). The van der Waals surface area contributed by atoms with Crippen molar-refractivity contribution in [1.29, 1.82) is 0 Å². The zero-order chi connectivity index (χ0) is 47.2. The largest absolute Gasteiger partial charge is 0.394 e. The Labute approximate surface area is 408 Å². The second-order valence-electron chi connectivity index (χ2n) is 20.9. The van der Waals surface area contributed by atoms with Crippen LogP contribution in [-0.2, 0) is 4.79 Å². The van der Waals surface area contributed by atoms with Crippen LogP contribution >= 0.6 is 0 Å².